The second-order valence-electron chi connectivity index (χ2n) is 4.58. The Morgan fingerprint density at radius 2 is 2.20 bits per heavy atom. The summed E-state index contributed by atoms with van der Waals surface area (Å²) >= 11 is 7.44. The third-order valence-electron chi connectivity index (χ3n) is 2.65. The van der Waals surface area contributed by atoms with Gasteiger partial charge in [-0.05, 0) is 25.1 Å². The molecule has 1 fully saturated rings. The summed E-state index contributed by atoms with van der Waals surface area (Å²) in [5.74, 6) is 1.18. The van der Waals surface area contributed by atoms with Crippen LogP contribution in [0.4, 0.5) is 0 Å². The van der Waals surface area contributed by atoms with Crippen LogP contribution in [0, 0.1) is 0 Å². The van der Waals surface area contributed by atoms with Gasteiger partial charge in [-0.25, -0.2) is 0 Å². The maximum atomic E-state index is 5.38. The molecule has 0 saturated carbocycles. The van der Waals surface area contributed by atoms with E-state index in [9.17, 15) is 0 Å². The van der Waals surface area contributed by atoms with Gasteiger partial charge in [-0.1, -0.05) is 20.8 Å². The fraction of sp³-hybridized carbons (Fsp3) is 0.909. The van der Waals surface area contributed by atoms with Crippen LogP contribution in [0.5, 0.6) is 0 Å². The predicted octanol–water partition coefficient (Wildman–Crippen LogP) is 2.49. The van der Waals surface area contributed by atoms with Crippen LogP contribution in [0.2, 0.25) is 0 Å². The van der Waals surface area contributed by atoms with Crippen molar-refractivity contribution in [2.45, 2.75) is 38.4 Å². The largest absolute Gasteiger partial charge is 0.363 e. The maximum Gasteiger partial charge on any atom is 0.168 e. The molecule has 0 aliphatic carbocycles. The average Bonchev–Trinajstić information content (AvgIpc) is 2.36. The van der Waals surface area contributed by atoms with Crippen molar-refractivity contribution in [3.63, 3.8) is 0 Å². The van der Waals surface area contributed by atoms with E-state index >= 15 is 0 Å². The van der Waals surface area contributed by atoms with Gasteiger partial charge >= 0.3 is 0 Å². The first-order valence-corrected chi connectivity index (χ1v) is 7.11. The standard InChI is InChI=1S/C11H22N2S2/c1-4-6-12-10(14)13-7-5-11(2,3)15-9-8-13/h4-9H2,1-3H3,(H,12,14). The summed E-state index contributed by atoms with van der Waals surface area (Å²) in [7, 11) is 0. The van der Waals surface area contributed by atoms with E-state index in [-0.39, 0.29) is 0 Å². The Bertz CT molecular complexity index is 217. The molecule has 15 heavy (non-hydrogen) atoms. The number of nitrogens with one attached hydrogen (secondary N) is 1. The molecule has 4 heteroatoms. The summed E-state index contributed by atoms with van der Waals surface area (Å²) in [6, 6.07) is 0. The van der Waals surface area contributed by atoms with Crippen LogP contribution in [0.25, 0.3) is 0 Å². The maximum absolute atomic E-state index is 5.38. The molecule has 1 saturated heterocycles. The first-order chi connectivity index (χ1) is 7.05. The Labute approximate surface area is 103 Å². The fourth-order valence-corrected chi connectivity index (χ4v) is 2.95. The highest BCUT2D eigenvalue weighted by Crippen LogP contribution is 2.30. The van der Waals surface area contributed by atoms with Crippen LogP contribution in [0.15, 0.2) is 0 Å². The summed E-state index contributed by atoms with van der Waals surface area (Å²) in [6.45, 7) is 9.98. The summed E-state index contributed by atoms with van der Waals surface area (Å²) in [5, 5.41) is 4.25. The Morgan fingerprint density at radius 1 is 1.47 bits per heavy atom. The fourth-order valence-electron chi connectivity index (χ4n) is 1.57. The number of thioether (sulfide) groups is 1. The molecular weight excluding hydrogens is 224 g/mol. The van der Waals surface area contributed by atoms with E-state index in [0.717, 1.165) is 31.2 Å². The Morgan fingerprint density at radius 3 is 2.87 bits per heavy atom. The van der Waals surface area contributed by atoms with Gasteiger partial charge in [0.25, 0.3) is 0 Å². The van der Waals surface area contributed by atoms with Crippen LogP contribution in [0.3, 0.4) is 0 Å². The molecule has 0 atom stereocenters. The van der Waals surface area contributed by atoms with E-state index < -0.39 is 0 Å². The Kier molecular flexibility index (Phi) is 5.19. The molecule has 1 aliphatic rings. The van der Waals surface area contributed by atoms with Crippen molar-refractivity contribution in [1.29, 1.82) is 0 Å². The molecular formula is C11H22N2S2. The van der Waals surface area contributed by atoms with Crippen molar-refractivity contribution in [3.8, 4) is 0 Å². The van der Waals surface area contributed by atoms with E-state index in [0.29, 0.717) is 4.75 Å². The smallest absolute Gasteiger partial charge is 0.168 e. The number of thiocarbonyl (C=S) groups is 1. The van der Waals surface area contributed by atoms with E-state index in [2.05, 4.69) is 42.7 Å². The topological polar surface area (TPSA) is 15.3 Å². The van der Waals surface area contributed by atoms with Crippen LogP contribution >= 0.6 is 24.0 Å². The molecule has 2 nitrogen and oxygen atoms in total. The summed E-state index contributed by atoms with van der Waals surface area (Å²) in [4.78, 5) is 2.31. The normalized spacial score (nSPS) is 20.9. The lowest BCUT2D eigenvalue weighted by molar-refractivity contribution is 0.416. The lowest BCUT2D eigenvalue weighted by atomic mass is 10.1. The average molecular weight is 246 g/mol. The SMILES string of the molecule is CCCNC(=S)N1CCSC(C)(C)CC1. The van der Waals surface area contributed by atoms with Crippen molar-refractivity contribution in [2.24, 2.45) is 0 Å². The van der Waals surface area contributed by atoms with Gasteiger partial charge in [0.2, 0.25) is 0 Å². The second-order valence-corrected chi connectivity index (χ2v) is 6.77. The van der Waals surface area contributed by atoms with Crippen molar-refractivity contribution in [2.75, 3.05) is 25.4 Å². The van der Waals surface area contributed by atoms with Gasteiger partial charge in [0, 0.05) is 30.1 Å². The number of hydrogen-bond donors (Lipinski definition) is 1. The second kappa shape index (κ2) is 5.94. The minimum atomic E-state index is 0.412. The summed E-state index contributed by atoms with van der Waals surface area (Å²) in [5.41, 5.74) is 0. The van der Waals surface area contributed by atoms with Gasteiger partial charge in [0.1, 0.15) is 0 Å². The zero-order valence-electron chi connectivity index (χ0n) is 10.0. The third-order valence-corrected chi connectivity index (χ3v) is 4.43. The molecule has 0 spiro atoms. The molecule has 0 radical (unpaired) electrons. The molecule has 1 aliphatic heterocycles. The van der Waals surface area contributed by atoms with Crippen molar-refractivity contribution >= 4 is 29.1 Å². The molecule has 0 bridgehead atoms. The zero-order valence-corrected chi connectivity index (χ0v) is 11.6. The monoisotopic (exact) mass is 246 g/mol. The van der Waals surface area contributed by atoms with Gasteiger partial charge in [0.15, 0.2) is 5.11 Å². The minimum Gasteiger partial charge on any atom is -0.363 e. The zero-order chi connectivity index (χ0) is 11.3. The van der Waals surface area contributed by atoms with Gasteiger partial charge in [-0.3, -0.25) is 0 Å². The van der Waals surface area contributed by atoms with Crippen LogP contribution in [-0.2, 0) is 0 Å². The van der Waals surface area contributed by atoms with Crippen molar-refractivity contribution < 1.29 is 0 Å². The number of rotatable bonds is 2. The molecule has 1 N–H and O–H groups in total. The van der Waals surface area contributed by atoms with Gasteiger partial charge in [-0.2, -0.15) is 11.8 Å². The van der Waals surface area contributed by atoms with Crippen molar-refractivity contribution in [1.82, 2.24) is 10.2 Å². The molecule has 0 aromatic heterocycles. The molecule has 88 valence electrons. The minimum absolute atomic E-state index is 0.412. The summed E-state index contributed by atoms with van der Waals surface area (Å²) < 4.78 is 0.412. The highest BCUT2D eigenvalue weighted by atomic mass is 32.2. The number of nitrogens with zero attached hydrogens (tertiary/aromatic N) is 1. The van der Waals surface area contributed by atoms with E-state index in [1.165, 1.54) is 12.2 Å². The highest BCUT2D eigenvalue weighted by Gasteiger charge is 2.24. The van der Waals surface area contributed by atoms with Crippen molar-refractivity contribution in [3.05, 3.63) is 0 Å². The summed E-state index contributed by atoms with van der Waals surface area (Å²) in [6.07, 6.45) is 2.35. The number of hydrogen-bond acceptors (Lipinski definition) is 2. The lowest BCUT2D eigenvalue weighted by Gasteiger charge is -2.25. The quantitative estimate of drug-likeness (QED) is 0.753. The van der Waals surface area contributed by atoms with E-state index in [4.69, 9.17) is 12.2 Å². The molecule has 0 aromatic rings. The van der Waals surface area contributed by atoms with Gasteiger partial charge in [0.05, 0.1) is 0 Å². The third kappa shape index (κ3) is 4.60. The molecule has 0 amide bonds. The molecule has 1 heterocycles. The van der Waals surface area contributed by atoms with Gasteiger partial charge < -0.3 is 10.2 Å². The predicted molar refractivity (Wildman–Crippen MR) is 73.6 cm³/mol. The van der Waals surface area contributed by atoms with Crippen LogP contribution in [0.1, 0.15) is 33.6 Å². The van der Waals surface area contributed by atoms with Crippen LogP contribution in [-0.4, -0.2) is 40.1 Å². The molecule has 0 aromatic carbocycles. The van der Waals surface area contributed by atoms with E-state index in [1.54, 1.807) is 0 Å². The first kappa shape index (κ1) is 13.1. The van der Waals surface area contributed by atoms with Gasteiger partial charge in [-0.15, -0.1) is 0 Å². The van der Waals surface area contributed by atoms with E-state index in [1.807, 2.05) is 0 Å². The molecule has 1 rings (SSSR count). The first-order valence-electron chi connectivity index (χ1n) is 5.72. The lowest BCUT2D eigenvalue weighted by Crippen LogP contribution is -2.41. The highest BCUT2D eigenvalue weighted by molar-refractivity contribution is 8.00. The Balaban J connectivity index is 2.40. The van der Waals surface area contributed by atoms with Crippen LogP contribution < -0.4 is 5.32 Å². The molecule has 0 unspecified atom stereocenters. The Hall–Kier alpha value is 0.0400.